The molecule has 2 heterocycles. The maximum Gasteiger partial charge on any atom is 0.573 e. The number of amides is 2. The molecular weight excluding hydrogens is 577 g/mol. The smallest absolute Gasteiger partial charge is 0.406 e. The number of anilines is 1. The molecule has 5 rings (SSSR count). The van der Waals surface area contributed by atoms with Crippen molar-refractivity contribution in [3.63, 3.8) is 0 Å². The number of thioether (sulfide) groups is 1. The summed E-state index contributed by atoms with van der Waals surface area (Å²) in [5, 5.41) is 7.83. The Morgan fingerprint density at radius 3 is 2.44 bits per heavy atom. The van der Waals surface area contributed by atoms with Crippen molar-refractivity contribution < 1.29 is 22.7 Å². The van der Waals surface area contributed by atoms with E-state index in [1.54, 1.807) is 24.0 Å². The topological polar surface area (TPSA) is 84.6 Å². The number of rotatable bonds is 6. The molecule has 0 bridgehead atoms. The molecule has 3 aromatic carbocycles. The average molecular weight is 607 g/mol. The molecule has 1 atom stereocenters. The predicted molar refractivity (Wildman–Crippen MR) is 163 cm³/mol. The van der Waals surface area contributed by atoms with Crippen molar-refractivity contribution in [2.45, 2.75) is 39.6 Å². The van der Waals surface area contributed by atoms with E-state index in [1.165, 1.54) is 35.3 Å². The summed E-state index contributed by atoms with van der Waals surface area (Å²) in [7, 11) is 0. The van der Waals surface area contributed by atoms with E-state index < -0.39 is 12.4 Å². The fraction of sp³-hybridized carbons (Fsp3) is 0.226. The Morgan fingerprint density at radius 2 is 1.77 bits per heavy atom. The van der Waals surface area contributed by atoms with Crippen LogP contribution in [0.1, 0.15) is 30.0 Å². The van der Waals surface area contributed by atoms with Gasteiger partial charge in [-0.3, -0.25) is 0 Å². The predicted octanol–water partition coefficient (Wildman–Crippen LogP) is 7.52. The largest absolute Gasteiger partial charge is 0.573 e. The van der Waals surface area contributed by atoms with E-state index in [-0.39, 0.29) is 11.8 Å². The summed E-state index contributed by atoms with van der Waals surface area (Å²) in [5.74, 6) is 1.03. The van der Waals surface area contributed by atoms with E-state index in [4.69, 9.17) is 0 Å². The van der Waals surface area contributed by atoms with Crippen molar-refractivity contribution in [3.05, 3.63) is 95.9 Å². The number of para-hydroxylation sites is 1. The molecule has 0 spiro atoms. The van der Waals surface area contributed by atoms with Crippen molar-refractivity contribution in [2.24, 2.45) is 4.99 Å². The van der Waals surface area contributed by atoms with Gasteiger partial charge in [0.25, 0.3) is 0 Å². The number of aryl methyl sites for hydroxylation is 2. The van der Waals surface area contributed by atoms with Crippen LogP contribution in [-0.4, -0.2) is 44.1 Å². The molecule has 1 aliphatic heterocycles. The first-order valence-electron chi connectivity index (χ1n) is 13.5. The van der Waals surface area contributed by atoms with Gasteiger partial charge in [0.05, 0.1) is 5.69 Å². The molecular formula is C31H29F3N6O2S. The molecule has 1 aliphatic rings. The molecule has 0 aliphatic carbocycles. The average Bonchev–Trinajstić information content (AvgIpc) is 3.45. The first-order valence-corrected chi connectivity index (χ1v) is 14.5. The van der Waals surface area contributed by atoms with E-state index in [2.05, 4.69) is 62.9 Å². The summed E-state index contributed by atoms with van der Waals surface area (Å²) >= 11 is 1.58. The first kappa shape index (κ1) is 29.9. The number of aliphatic imine (C=N–C) groups is 1. The highest BCUT2D eigenvalue weighted by Crippen LogP contribution is 2.34. The standard InChI is InChI=1S/C31H29F3N6O2S/c1-20-5-4-6-21(2)27(20)40-22(3)16-18-43-30(40)37-29(41)35-17-15-23-7-9-24(10-8-23)28-36-19-39(38-28)25-11-13-26(14-12-25)42-31(32,33)34/h4-15,17,19,22H,16,18H2,1-3H3,(H,35,41)/b17-15+,37-30-. The third-order valence-corrected chi connectivity index (χ3v) is 7.76. The van der Waals surface area contributed by atoms with Gasteiger partial charge in [0.15, 0.2) is 11.0 Å². The molecule has 1 N–H and O–H groups in total. The summed E-state index contributed by atoms with van der Waals surface area (Å²) in [6.45, 7) is 6.29. The summed E-state index contributed by atoms with van der Waals surface area (Å²) in [6, 6.07) is 18.7. The minimum atomic E-state index is -4.75. The zero-order chi connectivity index (χ0) is 30.6. The fourth-order valence-electron chi connectivity index (χ4n) is 4.69. The van der Waals surface area contributed by atoms with Gasteiger partial charge in [0.2, 0.25) is 0 Å². The number of nitrogens with one attached hydrogen (secondary N) is 1. The number of amidine groups is 1. The Labute approximate surface area is 251 Å². The molecule has 0 saturated carbocycles. The maximum absolute atomic E-state index is 12.7. The van der Waals surface area contributed by atoms with Gasteiger partial charge in [-0.15, -0.1) is 18.3 Å². The Balaban J connectivity index is 1.21. The van der Waals surface area contributed by atoms with Crippen molar-refractivity contribution in [1.29, 1.82) is 0 Å². The molecule has 1 fully saturated rings. The first-order chi connectivity index (χ1) is 20.6. The lowest BCUT2D eigenvalue weighted by Gasteiger charge is -2.37. The molecule has 43 heavy (non-hydrogen) atoms. The Bertz CT molecular complexity index is 1630. The summed E-state index contributed by atoms with van der Waals surface area (Å²) in [6.07, 6.45) is 1.05. The van der Waals surface area contributed by atoms with Crippen LogP contribution >= 0.6 is 11.8 Å². The van der Waals surface area contributed by atoms with Gasteiger partial charge < -0.3 is 15.0 Å². The summed E-state index contributed by atoms with van der Waals surface area (Å²) < 4.78 is 42.6. The number of carbonyl (C=O) groups excluding carboxylic acids is 1. The fourth-order valence-corrected chi connectivity index (χ4v) is 5.89. The van der Waals surface area contributed by atoms with E-state index in [1.807, 2.05) is 30.3 Å². The number of carbonyl (C=O) groups is 1. The van der Waals surface area contributed by atoms with Gasteiger partial charge in [-0.25, -0.2) is 14.5 Å². The molecule has 1 aromatic heterocycles. The van der Waals surface area contributed by atoms with Crippen LogP contribution < -0.4 is 15.0 Å². The van der Waals surface area contributed by atoms with Crippen molar-refractivity contribution in [3.8, 4) is 22.8 Å². The highest BCUT2D eigenvalue weighted by atomic mass is 32.2. The number of benzene rings is 3. The molecule has 1 unspecified atom stereocenters. The third-order valence-electron chi connectivity index (χ3n) is 6.77. The zero-order valence-electron chi connectivity index (χ0n) is 23.7. The number of aromatic nitrogens is 3. The quantitative estimate of drug-likeness (QED) is 0.245. The van der Waals surface area contributed by atoms with Crippen molar-refractivity contribution in [1.82, 2.24) is 20.1 Å². The lowest BCUT2D eigenvalue weighted by molar-refractivity contribution is -0.274. The molecule has 12 heteroatoms. The number of hydrogen-bond donors (Lipinski definition) is 1. The molecule has 1 saturated heterocycles. The second kappa shape index (κ2) is 12.7. The van der Waals surface area contributed by atoms with Gasteiger partial charge >= 0.3 is 12.4 Å². The van der Waals surface area contributed by atoms with Crippen LogP contribution in [0.25, 0.3) is 23.2 Å². The van der Waals surface area contributed by atoms with Crippen molar-refractivity contribution in [2.75, 3.05) is 10.7 Å². The van der Waals surface area contributed by atoms with E-state index in [9.17, 15) is 18.0 Å². The minimum absolute atomic E-state index is 0.223. The van der Waals surface area contributed by atoms with Gasteiger partial charge in [0, 0.05) is 29.2 Å². The van der Waals surface area contributed by atoms with Crippen LogP contribution in [0, 0.1) is 13.8 Å². The molecule has 222 valence electrons. The van der Waals surface area contributed by atoms with Crippen LogP contribution in [0.4, 0.5) is 23.7 Å². The molecule has 8 nitrogen and oxygen atoms in total. The van der Waals surface area contributed by atoms with Gasteiger partial charge in [-0.2, -0.15) is 4.99 Å². The molecule has 2 amide bonds. The minimum Gasteiger partial charge on any atom is -0.406 e. The number of urea groups is 1. The lowest BCUT2D eigenvalue weighted by Crippen LogP contribution is -2.42. The second-order valence-electron chi connectivity index (χ2n) is 9.95. The third kappa shape index (κ3) is 7.44. The van der Waals surface area contributed by atoms with Crippen LogP contribution in [0.15, 0.2) is 84.2 Å². The molecule has 0 radical (unpaired) electrons. The number of ether oxygens (including phenoxy) is 1. The Hall–Kier alpha value is -4.58. The highest BCUT2D eigenvalue weighted by Gasteiger charge is 2.31. The van der Waals surface area contributed by atoms with E-state index in [0.717, 1.165) is 40.1 Å². The number of hydrogen-bond acceptors (Lipinski definition) is 5. The van der Waals surface area contributed by atoms with Crippen LogP contribution in [0.3, 0.4) is 0 Å². The monoisotopic (exact) mass is 606 g/mol. The van der Waals surface area contributed by atoms with Gasteiger partial charge in [-0.05, 0) is 74.2 Å². The van der Waals surface area contributed by atoms with Gasteiger partial charge in [-0.1, -0.05) is 54.2 Å². The number of halogens is 3. The maximum atomic E-state index is 12.7. The molecule has 4 aromatic rings. The Kier molecular flexibility index (Phi) is 8.86. The van der Waals surface area contributed by atoms with Gasteiger partial charge in [0.1, 0.15) is 12.1 Å². The zero-order valence-corrected chi connectivity index (χ0v) is 24.5. The normalized spacial score (nSPS) is 16.6. The second-order valence-corrected chi connectivity index (χ2v) is 11.0. The van der Waals surface area contributed by atoms with Crippen LogP contribution in [-0.2, 0) is 0 Å². The number of alkyl halides is 3. The van der Waals surface area contributed by atoms with E-state index in [0.29, 0.717) is 16.7 Å². The highest BCUT2D eigenvalue weighted by molar-refractivity contribution is 8.14. The van der Waals surface area contributed by atoms with Crippen LogP contribution in [0.2, 0.25) is 0 Å². The summed E-state index contributed by atoms with van der Waals surface area (Å²) in [5.41, 5.74) is 5.50. The van der Waals surface area contributed by atoms with E-state index >= 15 is 0 Å². The van der Waals surface area contributed by atoms with Crippen LogP contribution in [0.5, 0.6) is 5.75 Å². The SMILES string of the molecule is Cc1cccc(C)c1N1/C(=N/C(=O)N/C=C/c2ccc(-c3ncn(-c4ccc(OC(F)(F)F)cc4)n3)cc2)SCCC1C. The number of nitrogens with zero attached hydrogens (tertiary/aromatic N) is 5. The summed E-state index contributed by atoms with van der Waals surface area (Å²) in [4.78, 5) is 23.6. The van der Waals surface area contributed by atoms with Crippen molar-refractivity contribution >= 4 is 34.7 Å². The Morgan fingerprint density at radius 1 is 1.07 bits per heavy atom. The lowest BCUT2D eigenvalue weighted by atomic mass is 10.1.